The fourth-order valence-electron chi connectivity index (χ4n) is 1.37. The number of nitrogens with one attached hydrogen (secondary N) is 1. The Morgan fingerprint density at radius 1 is 1.53 bits per heavy atom. The van der Waals surface area contributed by atoms with Crippen molar-refractivity contribution in [3.63, 3.8) is 0 Å². The molecule has 0 heterocycles. The average molecular weight is 224 g/mol. The first-order valence-electron chi connectivity index (χ1n) is 4.97. The van der Waals surface area contributed by atoms with Gasteiger partial charge in [0.1, 0.15) is 5.54 Å². The van der Waals surface area contributed by atoms with E-state index >= 15 is 0 Å². The summed E-state index contributed by atoms with van der Waals surface area (Å²) >= 11 is 0. The van der Waals surface area contributed by atoms with Crippen LogP contribution in [-0.2, 0) is 4.79 Å². The van der Waals surface area contributed by atoms with E-state index in [0.717, 1.165) is 0 Å². The van der Waals surface area contributed by atoms with Crippen LogP contribution in [0, 0.1) is 0 Å². The minimum Gasteiger partial charge on any atom is -0.341 e. The first kappa shape index (κ1) is 12.3. The van der Waals surface area contributed by atoms with Gasteiger partial charge in [-0.05, 0) is 19.3 Å². The van der Waals surface area contributed by atoms with E-state index in [1.807, 2.05) is 12.2 Å². The van der Waals surface area contributed by atoms with Crippen molar-refractivity contribution in [2.75, 3.05) is 0 Å². The third kappa shape index (κ3) is 2.62. The second-order valence-corrected chi connectivity index (χ2v) is 3.96. The number of halogens is 3. The maximum atomic E-state index is 12.4. The van der Waals surface area contributed by atoms with E-state index in [9.17, 15) is 18.0 Å². The molecule has 88 valence electrons. The number of hydrogen-bond donors (Lipinski definition) is 2. The number of amides is 1. The van der Waals surface area contributed by atoms with Crippen LogP contribution in [0.4, 0.5) is 13.2 Å². The van der Waals surface area contributed by atoms with Crippen molar-refractivity contribution in [3.8, 4) is 0 Å². The summed E-state index contributed by atoms with van der Waals surface area (Å²) in [7, 11) is 0. The molecular weight excluding hydrogens is 209 g/mol. The molecule has 0 spiro atoms. The van der Waals surface area contributed by atoms with E-state index in [1.165, 1.54) is 0 Å². The number of carbonyl (C=O) groups excluding carboxylic acids is 1. The predicted molar refractivity (Wildman–Crippen MR) is 49.0 cm³/mol. The van der Waals surface area contributed by atoms with Crippen molar-refractivity contribution in [2.45, 2.75) is 50.4 Å². The highest BCUT2D eigenvalue weighted by atomic mass is 19.4. The Morgan fingerprint density at radius 2 is 2.07 bits per heavy atom. The lowest BCUT2D eigenvalue weighted by Crippen LogP contribution is -2.53. The monoisotopic (exact) mass is 224 g/mol. The molecule has 1 aliphatic carbocycles. The highest BCUT2D eigenvalue weighted by Gasteiger charge is 2.64. The summed E-state index contributed by atoms with van der Waals surface area (Å²) in [4.78, 5) is 11.3. The van der Waals surface area contributed by atoms with Crippen LogP contribution in [0.2, 0.25) is 0 Å². The van der Waals surface area contributed by atoms with Gasteiger partial charge in [-0.1, -0.05) is 13.3 Å². The molecule has 6 heteroatoms. The molecule has 0 aliphatic heterocycles. The zero-order valence-electron chi connectivity index (χ0n) is 8.53. The number of carbonyl (C=O) groups is 1. The zero-order valence-corrected chi connectivity index (χ0v) is 8.53. The van der Waals surface area contributed by atoms with Crippen molar-refractivity contribution in [3.05, 3.63) is 0 Å². The van der Waals surface area contributed by atoms with E-state index in [1.54, 1.807) is 0 Å². The van der Waals surface area contributed by atoms with E-state index in [2.05, 4.69) is 0 Å². The zero-order chi connectivity index (χ0) is 11.7. The summed E-state index contributed by atoms with van der Waals surface area (Å²) in [6, 6.07) is -0.838. The van der Waals surface area contributed by atoms with Crippen LogP contribution >= 0.6 is 0 Å². The predicted octanol–water partition coefficient (Wildman–Crippen LogP) is 1.32. The molecule has 3 N–H and O–H groups in total. The van der Waals surface area contributed by atoms with Gasteiger partial charge in [0.2, 0.25) is 5.91 Å². The number of hydrogen-bond acceptors (Lipinski definition) is 2. The van der Waals surface area contributed by atoms with E-state index in [4.69, 9.17) is 5.73 Å². The standard InChI is InChI=1S/C9H15F3N2O/c1-2-3-6(13)7(15)14-8(4-5-8)9(10,11)12/h6H,2-5,13H2,1H3,(H,14,15)/t6-/m1/s1. The van der Waals surface area contributed by atoms with Gasteiger partial charge in [0.05, 0.1) is 6.04 Å². The first-order chi connectivity index (χ1) is 6.82. The first-order valence-corrected chi connectivity index (χ1v) is 4.97. The normalized spacial score (nSPS) is 20.9. The second kappa shape index (κ2) is 4.00. The van der Waals surface area contributed by atoms with Gasteiger partial charge in [-0.3, -0.25) is 4.79 Å². The van der Waals surface area contributed by atoms with Crippen molar-refractivity contribution in [2.24, 2.45) is 5.73 Å². The molecule has 1 atom stereocenters. The Labute approximate surface area is 86.2 Å². The van der Waals surface area contributed by atoms with Gasteiger partial charge in [0, 0.05) is 0 Å². The summed E-state index contributed by atoms with van der Waals surface area (Å²) in [6.07, 6.45) is -3.37. The largest absolute Gasteiger partial charge is 0.411 e. The molecule has 1 amide bonds. The lowest BCUT2D eigenvalue weighted by Gasteiger charge is -2.22. The summed E-state index contributed by atoms with van der Waals surface area (Å²) in [5.74, 6) is -0.702. The molecule has 15 heavy (non-hydrogen) atoms. The Balaban J connectivity index is 2.52. The summed E-state index contributed by atoms with van der Waals surface area (Å²) < 4.78 is 37.3. The second-order valence-electron chi connectivity index (χ2n) is 3.96. The van der Waals surface area contributed by atoms with Crippen LogP contribution in [0.3, 0.4) is 0 Å². The van der Waals surface area contributed by atoms with Gasteiger partial charge >= 0.3 is 6.18 Å². The number of rotatable bonds is 4. The van der Waals surface area contributed by atoms with Crippen molar-refractivity contribution in [1.29, 1.82) is 0 Å². The van der Waals surface area contributed by atoms with Crippen LogP contribution in [0.1, 0.15) is 32.6 Å². The Hall–Kier alpha value is -0.780. The fourth-order valence-corrected chi connectivity index (χ4v) is 1.37. The molecule has 0 aromatic rings. The van der Waals surface area contributed by atoms with Crippen LogP contribution in [0.25, 0.3) is 0 Å². The van der Waals surface area contributed by atoms with Gasteiger partial charge in [-0.25, -0.2) is 0 Å². The third-order valence-electron chi connectivity index (χ3n) is 2.59. The van der Waals surface area contributed by atoms with Crippen LogP contribution in [0.15, 0.2) is 0 Å². The molecule has 0 unspecified atom stereocenters. The smallest absolute Gasteiger partial charge is 0.341 e. The highest BCUT2D eigenvalue weighted by molar-refractivity contribution is 5.82. The highest BCUT2D eigenvalue weighted by Crippen LogP contribution is 2.48. The van der Waals surface area contributed by atoms with E-state index in [0.29, 0.717) is 12.8 Å². The van der Waals surface area contributed by atoms with Crippen molar-refractivity contribution in [1.82, 2.24) is 5.32 Å². The molecule has 3 nitrogen and oxygen atoms in total. The quantitative estimate of drug-likeness (QED) is 0.756. The molecule has 0 radical (unpaired) electrons. The topological polar surface area (TPSA) is 55.1 Å². The fraction of sp³-hybridized carbons (Fsp3) is 0.889. The number of alkyl halides is 3. The minimum atomic E-state index is -4.37. The molecule has 1 aliphatic rings. The maximum absolute atomic E-state index is 12.4. The van der Waals surface area contributed by atoms with Crippen LogP contribution in [0.5, 0.6) is 0 Å². The summed E-state index contributed by atoms with van der Waals surface area (Å²) in [5, 5.41) is 2.00. The maximum Gasteiger partial charge on any atom is 0.411 e. The molecular formula is C9H15F3N2O. The molecule has 1 rings (SSSR count). The summed E-state index contributed by atoms with van der Waals surface area (Å²) in [5.41, 5.74) is 3.44. The lowest BCUT2D eigenvalue weighted by atomic mass is 10.1. The molecule has 0 bridgehead atoms. The minimum absolute atomic E-state index is 0.0406. The Morgan fingerprint density at radius 3 is 2.40 bits per heavy atom. The van der Waals surface area contributed by atoms with Gasteiger partial charge in [-0.2, -0.15) is 13.2 Å². The van der Waals surface area contributed by atoms with E-state index in [-0.39, 0.29) is 12.8 Å². The Bertz CT molecular complexity index is 248. The molecule has 0 saturated heterocycles. The summed E-state index contributed by atoms with van der Waals surface area (Å²) in [6.45, 7) is 1.82. The van der Waals surface area contributed by atoms with Crippen LogP contribution < -0.4 is 11.1 Å². The van der Waals surface area contributed by atoms with Gasteiger partial charge in [-0.15, -0.1) is 0 Å². The SMILES string of the molecule is CCC[C@@H](N)C(=O)NC1(C(F)(F)F)CC1. The van der Waals surface area contributed by atoms with Crippen molar-refractivity contribution >= 4 is 5.91 Å². The molecule has 0 aromatic heterocycles. The number of nitrogens with two attached hydrogens (primary N) is 1. The van der Waals surface area contributed by atoms with Crippen molar-refractivity contribution < 1.29 is 18.0 Å². The third-order valence-corrected chi connectivity index (χ3v) is 2.59. The van der Waals surface area contributed by atoms with Gasteiger partial charge in [0.15, 0.2) is 0 Å². The van der Waals surface area contributed by atoms with Gasteiger partial charge in [0.25, 0.3) is 0 Å². The average Bonchev–Trinajstić information content (AvgIpc) is 2.84. The molecule has 0 aromatic carbocycles. The van der Waals surface area contributed by atoms with Crippen LogP contribution in [-0.4, -0.2) is 23.7 Å². The molecule has 1 saturated carbocycles. The Kier molecular flexibility index (Phi) is 3.28. The molecule has 1 fully saturated rings. The van der Waals surface area contributed by atoms with E-state index < -0.39 is 23.7 Å². The van der Waals surface area contributed by atoms with Gasteiger partial charge < -0.3 is 11.1 Å². The lowest BCUT2D eigenvalue weighted by molar-refractivity contribution is -0.170.